The molecule has 0 amide bonds. The Morgan fingerprint density at radius 3 is 2.46 bits per heavy atom. The Kier molecular flexibility index (Phi) is 4.46. The average molecular weight is 184 g/mol. The van der Waals surface area contributed by atoms with E-state index in [1.807, 2.05) is 6.08 Å². The van der Waals surface area contributed by atoms with Crippen LogP contribution in [-0.2, 0) is 9.47 Å². The summed E-state index contributed by atoms with van der Waals surface area (Å²) in [5.41, 5.74) is 0. The molecule has 0 aromatic carbocycles. The van der Waals surface area contributed by atoms with Gasteiger partial charge in [0.25, 0.3) is 0 Å². The maximum absolute atomic E-state index is 5.58. The first kappa shape index (κ1) is 10.7. The topological polar surface area (TPSA) is 18.5 Å². The van der Waals surface area contributed by atoms with Crippen LogP contribution in [-0.4, -0.2) is 19.5 Å². The number of allylic oxidation sites excluding steroid dienone is 1. The number of rotatable bonds is 4. The van der Waals surface area contributed by atoms with Gasteiger partial charge in [0, 0.05) is 5.92 Å². The Morgan fingerprint density at radius 1 is 1.38 bits per heavy atom. The lowest BCUT2D eigenvalue weighted by molar-refractivity contribution is -0.211. The lowest BCUT2D eigenvalue weighted by Gasteiger charge is -2.32. The first-order valence-electron chi connectivity index (χ1n) is 5.09. The SMILES string of the molecule is C=CCC(C(C)C)C1OCCCO1. The van der Waals surface area contributed by atoms with Gasteiger partial charge in [-0.15, -0.1) is 6.58 Å². The van der Waals surface area contributed by atoms with Gasteiger partial charge in [0.1, 0.15) is 0 Å². The molecular formula is C11H20O2. The lowest BCUT2D eigenvalue weighted by atomic mass is 9.91. The van der Waals surface area contributed by atoms with Crippen LogP contribution >= 0.6 is 0 Å². The highest BCUT2D eigenvalue weighted by atomic mass is 16.7. The van der Waals surface area contributed by atoms with Crippen molar-refractivity contribution in [2.24, 2.45) is 11.8 Å². The van der Waals surface area contributed by atoms with Crippen molar-refractivity contribution in [3.63, 3.8) is 0 Å². The van der Waals surface area contributed by atoms with Gasteiger partial charge in [0.15, 0.2) is 6.29 Å². The second-order valence-corrected chi connectivity index (χ2v) is 3.90. The van der Waals surface area contributed by atoms with Gasteiger partial charge in [0.2, 0.25) is 0 Å². The fraction of sp³-hybridized carbons (Fsp3) is 0.818. The molecule has 1 heterocycles. The molecule has 2 heteroatoms. The average Bonchev–Trinajstić information content (AvgIpc) is 2.15. The fourth-order valence-corrected chi connectivity index (χ4v) is 1.64. The van der Waals surface area contributed by atoms with Crippen molar-refractivity contribution in [3.05, 3.63) is 12.7 Å². The van der Waals surface area contributed by atoms with E-state index < -0.39 is 0 Å². The van der Waals surface area contributed by atoms with Crippen LogP contribution < -0.4 is 0 Å². The predicted octanol–water partition coefficient (Wildman–Crippen LogP) is 2.60. The lowest BCUT2D eigenvalue weighted by Crippen LogP contribution is -2.34. The largest absolute Gasteiger partial charge is 0.352 e. The first-order valence-corrected chi connectivity index (χ1v) is 5.09. The van der Waals surface area contributed by atoms with E-state index in [4.69, 9.17) is 9.47 Å². The van der Waals surface area contributed by atoms with E-state index in [-0.39, 0.29) is 6.29 Å². The molecule has 0 saturated carbocycles. The molecule has 1 unspecified atom stereocenters. The summed E-state index contributed by atoms with van der Waals surface area (Å²) in [6.45, 7) is 9.85. The van der Waals surface area contributed by atoms with E-state index in [1.54, 1.807) is 0 Å². The van der Waals surface area contributed by atoms with Gasteiger partial charge in [-0.3, -0.25) is 0 Å². The summed E-state index contributed by atoms with van der Waals surface area (Å²) >= 11 is 0. The van der Waals surface area contributed by atoms with E-state index in [2.05, 4.69) is 20.4 Å². The summed E-state index contributed by atoms with van der Waals surface area (Å²) < 4.78 is 11.2. The van der Waals surface area contributed by atoms with Crippen molar-refractivity contribution in [1.82, 2.24) is 0 Å². The molecule has 1 atom stereocenters. The highest BCUT2D eigenvalue weighted by Gasteiger charge is 2.26. The molecule has 0 bridgehead atoms. The minimum atomic E-state index is -0.00764. The van der Waals surface area contributed by atoms with Gasteiger partial charge in [0.05, 0.1) is 13.2 Å². The molecule has 1 aliphatic rings. The third kappa shape index (κ3) is 3.12. The van der Waals surface area contributed by atoms with Crippen LogP contribution in [0.15, 0.2) is 12.7 Å². The second kappa shape index (κ2) is 5.40. The normalized spacial score (nSPS) is 21.8. The van der Waals surface area contributed by atoms with Crippen molar-refractivity contribution in [2.75, 3.05) is 13.2 Å². The van der Waals surface area contributed by atoms with Gasteiger partial charge in [-0.2, -0.15) is 0 Å². The minimum Gasteiger partial charge on any atom is -0.352 e. The molecular weight excluding hydrogens is 164 g/mol. The van der Waals surface area contributed by atoms with Crippen LogP contribution in [0.5, 0.6) is 0 Å². The van der Waals surface area contributed by atoms with Gasteiger partial charge < -0.3 is 9.47 Å². The van der Waals surface area contributed by atoms with E-state index in [1.165, 1.54) is 0 Å². The van der Waals surface area contributed by atoms with Crippen LogP contribution in [0.4, 0.5) is 0 Å². The molecule has 0 aromatic rings. The summed E-state index contributed by atoms with van der Waals surface area (Å²) in [5, 5.41) is 0. The Bertz CT molecular complexity index is 148. The molecule has 1 fully saturated rings. The number of hydrogen-bond donors (Lipinski definition) is 0. The molecule has 13 heavy (non-hydrogen) atoms. The van der Waals surface area contributed by atoms with Crippen molar-refractivity contribution in [2.45, 2.75) is 33.0 Å². The van der Waals surface area contributed by atoms with Crippen LogP contribution in [0.3, 0.4) is 0 Å². The zero-order valence-corrected chi connectivity index (χ0v) is 8.66. The minimum absolute atomic E-state index is 0.00764. The zero-order chi connectivity index (χ0) is 9.68. The Labute approximate surface area is 80.9 Å². The first-order chi connectivity index (χ1) is 6.25. The summed E-state index contributed by atoms with van der Waals surface area (Å²) in [5.74, 6) is 1.04. The molecule has 1 aliphatic heterocycles. The predicted molar refractivity (Wildman–Crippen MR) is 53.5 cm³/mol. The molecule has 0 aromatic heterocycles. The van der Waals surface area contributed by atoms with Crippen molar-refractivity contribution in [1.29, 1.82) is 0 Å². The Hall–Kier alpha value is -0.340. The molecule has 1 saturated heterocycles. The molecule has 0 aliphatic carbocycles. The number of hydrogen-bond acceptors (Lipinski definition) is 2. The van der Waals surface area contributed by atoms with E-state index >= 15 is 0 Å². The van der Waals surface area contributed by atoms with Crippen molar-refractivity contribution in [3.8, 4) is 0 Å². The van der Waals surface area contributed by atoms with Crippen molar-refractivity contribution >= 4 is 0 Å². The van der Waals surface area contributed by atoms with Crippen molar-refractivity contribution < 1.29 is 9.47 Å². The second-order valence-electron chi connectivity index (χ2n) is 3.90. The highest BCUT2D eigenvalue weighted by molar-refractivity contribution is 4.78. The van der Waals surface area contributed by atoms with Gasteiger partial charge >= 0.3 is 0 Å². The van der Waals surface area contributed by atoms with Gasteiger partial charge in [-0.1, -0.05) is 19.9 Å². The van der Waals surface area contributed by atoms with Gasteiger partial charge in [-0.25, -0.2) is 0 Å². The quantitative estimate of drug-likeness (QED) is 0.625. The maximum atomic E-state index is 5.58. The van der Waals surface area contributed by atoms with E-state index in [0.29, 0.717) is 11.8 Å². The molecule has 76 valence electrons. The summed E-state index contributed by atoms with van der Waals surface area (Å²) in [6.07, 6.45) is 3.94. The van der Waals surface area contributed by atoms with E-state index in [0.717, 1.165) is 26.1 Å². The molecule has 0 N–H and O–H groups in total. The van der Waals surface area contributed by atoms with Crippen LogP contribution in [0, 0.1) is 11.8 Å². The molecule has 0 radical (unpaired) electrons. The van der Waals surface area contributed by atoms with E-state index in [9.17, 15) is 0 Å². The van der Waals surface area contributed by atoms with Gasteiger partial charge in [-0.05, 0) is 18.8 Å². The Morgan fingerprint density at radius 2 is 2.00 bits per heavy atom. The third-order valence-electron chi connectivity index (χ3n) is 2.50. The molecule has 0 spiro atoms. The van der Waals surface area contributed by atoms with Crippen LogP contribution in [0.1, 0.15) is 26.7 Å². The molecule has 1 rings (SSSR count). The highest BCUT2D eigenvalue weighted by Crippen LogP contribution is 2.25. The number of ether oxygens (including phenoxy) is 2. The van der Waals surface area contributed by atoms with Crippen LogP contribution in [0.25, 0.3) is 0 Å². The molecule has 2 nitrogen and oxygen atoms in total. The summed E-state index contributed by atoms with van der Waals surface area (Å²) in [4.78, 5) is 0. The summed E-state index contributed by atoms with van der Waals surface area (Å²) in [6, 6.07) is 0. The Balaban J connectivity index is 2.46. The maximum Gasteiger partial charge on any atom is 0.160 e. The monoisotopic (exact) mass is 184 g/mol. The third-order valence-corrected chi connectivity index (χ3v) is 2.50. The standard InChI is InChI=1S/C11H20O2/c1-4-6-10(9(2)3)11-12-7-5-8-13-11/h4,9-11H,1,5-8H2,2-3H3. The van der Waals surface area contributed by atoms with Crippen LogP contribution in [0.2, 0.25) is 0 Å². The summed E-state index contributed by atoms with van der Waals surface area (Å²) in [7, 11) is 0. The zero-order valence-electron chi connectivity index (χ0n) is 8.66. The fourth-order valence-electron chi connectivity index (χ4n) is 1.64. The smallest absolute Gasteiger partial charge is 0.160 e.